The van der Waals surface area contributed by atoms with Crippen LogP contribution in [0.5, 0.6) is 0 Å². The highest BCUT2D eigenvalue weighted by atomic mass is 35.5. The summed E-state index contributed by atoms with van der Waals surface area (Å²) in [5, 5.41) is 9.71. The standard InChI is InChI=1S/C22H23ClN4O3/c1-13(2)15-4-6-16(7-5-15)22-26-21(30-27-22)11-10-20(29)25-17-8-9-19(18(23)12-17)24-14(3)28/h4-9,12-13H,10-11H2,1-3H3,(H,24,28)(H,25,29). The molecular weight excluding hydrogens is 404 g/mol. The van der Waals surface area contributed by atoms with E-state index in [1.165, 1.54) is 12.5 Å². The van der Waals surface area contributed by atoms with Gasteiger partial charge in [-0.15, -0.1) is 0 Å². The molecule has 8 heteroatoms. The summed E-state index contributed by atoms with van der Waals surface area (Å²) in [7, 11) is 0. The van der Waals surface area contributed by atoms with Gasteiger partial charge < -0.3 is 15.2 Å². The molecular formula is C22H23ClN4O3. The number of carbonyl (C=O) groups is 2. The molecule has 0 unspecified atom stereocenters. The molecule has 0 saturated carbocycles. The van der Waals surface area contributed by atoms with Gasteiger partial charge in [-0.3, -0.25) is 9.59 Å². The van der Waals surface area contributed by atoms with Crippen LogP contribution in [0.15, 0.2) is 47.0 Å². The largest absolute Gasteiger partial charge is 0.339 e. The van der Waals surface area contributed by atoms with E-state index in [-0.39, 0.29) is 18.2 Å². The number of aryl methyl sites for hydroxylation is 1. The summed E-state index contributed by atoms with van der Waals surface area (Å²) in [6, 6.07) is 12.9. The molecule has 2 amide bonds. The van der Waals surface area contributed by atoms with Crippen molar-refractivity contribution in [2.75, 3.05) is 10.6 Å². The van der Waals surface area contributed by atoms with Crippen LogP contribution in [-0.4, -0.2) is 22.0 Å². The highest BCUT2D eigenvalue weighted by Crippen LogP contribution is 2.26. The molecule has 30 heavy (non-hydrogen) atoms. The number of hydrogen-bond acceptors (Lipinski definition) is 5. The third-order valence-electron chi connectivity index (χ3n) is 4.43. The summed E-state index contributed by atoms with van der Waals surface area (Å²) < 4.78 is 5.27. The van der Waals surface area contributed by atoms with Gasteiger partial charge in [-0.25, -0.2) is 0 Å². The molecule has 0 atom stereocenters. The van der Waals surface area contributed by atoms with Crippen LogP contribution in [0.2, 0.25) is 5.02 Å². The Hall–Kier alpha value is -3.19. The van der Waals surface area contributed by atoms with E-state index in [0.29, 0.717) is 40.5 Å². The second kappa shape index (κ2) is 9.54. The zero-order chi connectivity index (χ0) is 21.7. The lowest BCUT2D eigenvalue weighted by molar-refractivity contribution is -0.116. The minimum Gasteiger partial charge on any atom is -0.339 e. The number of rotatable bonds is 7. The molecule has 0 spiro atoms. The quantitative estimate of drug-likeness (QED) is 0.551. The van der Waals surface area contributed by atoms with Crippen LogP contribution in [0.3, 0.4) is 0 Å². The smallest absolute Gasteiger partial charge is 0.227 e. The highest BCUT2D eigenvalue weighted by molar-refractivity contribution is 6.34. The number of nitrogens with zero attached hydrogens (tertiary/aromatic N) is 2. The predicted octanol–water partition coefficient (Wildman–Crippen LogP) is 5.04. The number of anilines is 2. The first kappa shape index (κ1) is 21.5. The zero-order valence-corrected chi connectivity index (χ0v) is 17.8. The Morgan fingerprint density at radius 3 is 2.47 bits per heavy atom. The van der Waals surface area contributed by atoms with Crippen LogP contribution in [0.4, 0.5) is 11.4 Å². The fraction of sp³-hybridized carbons (Fsp3) is 0.273. The number of aromatic nitrogens is 2. The van der Waals surface area contributed by atoms with Gasteiger partial charge in [0.05, 0.1) is 10.7 Å². The van der Waals surface area contributed by atoms with Crippen LogP contribution in [0.25, 0.3) is 11.4 Å². The Bertz CT molecular complexity index is 1040. The Morgan fingerprint density at radius 2 is 1.83 bits per heavy atom. The molecule has 2 N–H and O–H groups in total. The van der Waals surface area contributed by atoms with Crippen molar-refractivity contribution < 1.29 is 14.1 Å². The van der Waals surface area contributed by atoms with Crippen molar-refractivity contribution in [3.63, 3.8) is 0 Å². The van der Waals surface area contributed by atoms with Crippen LogP contribution in [-0.2, 0) is 16.0 Å². The van der Waals surface area contributed by atoms with Crippen molar-refractivity contribution in [2.45, 2.75) is 39.5 Å². The molecule has 0 fully saturated rings. The molecule has 3 rings (SSSR count). The first-order chi connectivity index (χ1) is 14.3. The third kappa shape index (κ3) is 5.67. The van der Waals surface area contributed by atoms with Gasteiger partial charge >= 0.3 is 0 Å². The van der Waals surface area contributed by atoms with Crippen molar-refractivity contribution in [2.24, 2.45) is 0 Å². The van der Waals surface area contributed by atoms with Crippen LogP contribution < -0.4 is 10.6 Å². The lowest BCUT2D eigenvalue weighted by Gasteiger charge is -2.08. The minimum atomic E-state index is -0.219. The summed E-state index contributed by atoms with van der Waals surface area (Å²) in [5.74, 6) is 0.922. The maximum absolute atomic E-state index is 12.2. The van der Waals surface area contributed by atoms with Gasteiger partial charge in [0.25, 0.3) is 0 Å². The van der Waals surface area contributed by atoms with E-state index in [1.807, 2.05) is 24.3 Å². The van der Waals surface area contributed by atoms with Crippen LogP contribution in [0.1, 0.15) is 44.6 Å². The van der Waals surface area contributed by atoms with Crippen molar-refractivity contribution in [1.82, 2.24) is 10.1 Å². The van der Waals surface area contributed by atoms with E-state index in [9.17, 15) is 9.59 Å². The lowest BCUT2D eigenvalue weighted by atomic mass is 10.0. The molecule has 0 radical (unpaired) electrons. The average molecular weight is 427 g/mol. The number of carbonyl (C=O) groups excluding carboxylic acids is 2. The fourth-order valence-corrected chi connectivity index (χ4v) is 3.05. The molecule has 0 aliphatic carbocycles. The van der Waals surface area contributed by atoms with Gasteiger partial charge in [-0.05, 0) is 29.7 Å². The lowest BCUT2D eigenvalue weighted by Crippen LogP contribution is -2.13. The monoisotopic (exact) mass is 426 g/mol. The third-order valence-corrected chi connectivity index (χ3v) is 4.75. The normalized spacial score (nSPS) is 10.8. The van der Waals surface area contributed by atoms with E-state index in [2.05, 4.69) is 34.6 Å². The highest BCUT2D eigenvalue weighted by Gasteiger charge is 2.12. The van der Waals surface area contributed by atoms with Crippen LogP contribution >= 0.6 is 11.6 Å². The zero-order valence-electron chi connectivity index (χ0n) is 17.0. The topological polar surface area (TPSA) is 97.1 Å². The number of nitrogens with one attached hydrogen (secondary N) is 2. The van der Waals surface area contributed by atoms with E-state index in [4.69, 9.17) is 16.1 Å². The summed E-state index contributed by atoms with van der Waals surface area (Å²) in [6.45, 7) is 5.67. The van der Waals surface area contributed by atoms with E-state index in [1.54, 1.807) is 18.2 Å². The summed E-state index contributed by atoms with van der Waals surface area (Å²) in [4.78, 5) is 27.7. The molecule has 3 aromatic rings. The molecule has 0 saturated heterocycles. The summed E-state index contributed by atoms with van der Waals surface area (Å²) in [6.07, 6.45) is 0.500. The molecule has 0 aliphatic heterocycles. The second-order valence-corrected chi connectivity index (χ2v) is 7.62. The molecule has 2 aromatic carbocycles. The van der Waals surface area contributed by atoms with Crippen molar-refractivity contribution in [1.29, 1.82) is 0 Å². The van der Waals surface area contributed by atoms with Crippen molar-refractivity contribution in [3.8, 4) is 11.4 Å². The fourth-order valence-electron chi connectivity index (χ4n) is 2.82. The molecule has 0 bridgehead atoms. The molecule has 0 aliphatic rings. The molecule has 156 valence electrons. The van der Waals surface area contributed by atoms with Gasteiger partial charge in [0.1, 0.15) is 0 Å². The maximum atomic E-state index is 12.2. The predicted molar refractivity (Wildman–Crippen MR) is 117 cm³/mol. The van der Waals surface area contributed by atoms with Crippen LogP contribution in [0, 0.1) is 0 Å². The number of benzene rings is 2. The van der Waals surface area contributed by atoms with E-state index >= 15 is 0 Å². The van der Waals surface area contributed by atoms with E-state index < -0.39 is 0 Å². The first-order valence-electron chi connectivity index (χ1n) is 9.61. The molecule has 1 heterocycles. The Morgan fingerprint density at radius 1 is 1.10 bits per heavy atom. The SMILES string of the molecule is CC(=O)Nc1ccc(NC(=O)CCc2nc(-c3ccc(C(C)C)cc3)no2)cc1Cl. The summed E-state index contributed by atoms with van der Waals surface area (Å²) >= 11 is 6.12. The van der Waals surface area contributed by atoms with Gasteiger partial charge in [-0.1, -0.05) is 54.9 Å². The molecule has 1 aromatic heterocycles. The second-order valence-electron chi connectivity index (χ2n) is 7.21. The van der Waals surface area contributed by atoms with Gasteiger partial charge in [0.15, 0.2) is 0 Å². The van der Waals surface area contributed by atoms with Crippen molar-refractivity contribution in [3.05, 3.63) is 58.9 Å². The Labute approximate surface area is 179 Å². The maximum Gasteiger partial charge on any atom is 0.227 e. The molecule has 7 nitrogen and oxygen atoms in total. The van der Waals surface area contributed by atoms with Gasteiger partial charge in [0.2, 0.25) is 23.5 Å². The average Bonchev–Trinajstić information content (AvgIpc) is 3.17. The number of hydrogen-bond donors (Lipinski definition) is 2. The first-order valence-corrected chi connectivity index (χ1v) is 9.99. The Kier molecular flexibility index (Phi) is 6.84. The number of amides is 2. The Balaban J connectivity index is 1.55. The number of halogens is 1. The summed E-state index contributed by atoms with van der Waals surface area (Å²) in [5.41, 5.74) is 3.13. The van der Waals surface area contributed by atoms with Gasteiger partial charge in [-0.2, -0.15) is 4.98 Å². The van der Waals surface area contributed by atoms with Crippen molar-refractivity contribution >= 4 is 34.8 Å². The van der Waals surface area contributed by atoms with E-state index in [0.717, 1.165) is 5.56 Å². The van der Waals surface area contributed by atoms with Gasteiger partial charge in [0, 0.05) is 31.0 Å². The minimum absolute atomic E-state index is 0.180.